The lowest BCUT2D eigenvalue weighted by molar-refractivity contribution is 0.198. The first-order valence-electron chi connectivity index (χ1n) is 12.8. The second-order valence-electron chi connectivity index (χ2n) is 10.2. The van der Waals surface area contributed by atoms with Gasteiger partial charge in [0.05, 0.1) is 0 Å². The molecule has 1 aliphatic rings. The lowest BCUT2D eigenvalue weighted by Crippen LogP contribution is -2.51. The van der Waals surface area contributed by atoms with Gasteiger partial charge in [-0.3, -0.25) is 0 Å². The Bertz CT molecular complexity index is 1180. The molecule has 0 amide bonds. The molecule has 0 aliphatic carbocycles. The minimum Gasteiger partial charge on any atom is -0.381 e. The second kappa shape index (κ2) is 12.0. The Hall–Kier alpha value is -2.44. The highest BCUT2D eigenvalue weighted by Gasteiger charge is 2.45. The maximum Gasteiger partial charge on any atom is 0.169 e. The molecular formula is C29H40F2N2OSi. The summed E-state index contributed by atoms with van der Waals surface area (Å²) in [6.07, 6.45) is 6.41. The summed E-state index contributed by atoms with van der Waals surface area (Å²) in [6.45, 7) is 16.0. The molecule has 3 heterocycles. The smallest absolute Gasteiger partial charge is 0.169 e. The molecule has 0 saturated carbocycles. The molecule has 190 valence electrons. The van der Waals surface area contributed by atoms with Crippen LogP contribution in [0.15, 0.2) is 60.9 Å². The normalized spacial score (nSPS) is 13.9. The van der Waals surface area contributed by atoms with E-state index in [0.29, 0.717) is 22.0 Å². The molecule has 0 unspecified atom stereocenters. The molecule has 5 rings (SSSR count). The first-order chi connectivity index (χ1) is 16.7. The Balaban J connectivity index is 0.000000186. The number of ether oxygens (including phenoxy) is 1. The van der Waals surface area contributed by atoms with Gasteiger partial charge in [-0.05, 0) is 72.1 Å². The molecule has 4 aromatic rings. The molecule has 0 spiro atoms. The summed E-state index contributed by atoms with van der Waals surface area (Å²) < 4.78 is 34.2. The summed E-state index contributed by atoms with van der Waals surface area (Å²) >= 11 is 0. The minimum absolute atomic E-state index is 0.111. The van der Waals surface area contributed by atoms with E-state index in [2.05, 4.69) is 63.0 Å². The van der Waals surface area contributed by atoms with E-state index in [1.807, 2.05) is 18.2 Å². The number of nitrogens with one attached hydrogen (secondary N) is 1. The van der Waals surface area contributed by atoms with Crippen LogP contribution in [0, 0.1) is 11.6 Å². The van der Waals surface area contributed by atoms with Crippen molar-refractivity contribution in [1.82, 2.24) is 9.22 Å². The number of hydrogen-bond donors (Lipinski definition) is 1. The van der Waals surface area contributed by atoms with Gasteiger partial charge in [0, 0.05) is 41.2 Å². The first-order valence-corrected chi connectivity index (χ1v) is 14.9. The van der Waals surface area contributed by atoms with Gasteiger partial charge in [0.25, 0.3) is 0 Å². The van der Waals surface area contributed by atoms with E-state index in [1.54, 1.807) is 24.4 Å². The predicted molar refractivity (Wildman–Crippen MR) is 147 cm³/mol. The molecule has 6 heteroatoms. The number of rotatable bonds is 4. The number of fused-ring (bicyclic) bond motifs is 2. The van der Waals surface area contributed by atoms with Gasteiger partial charge in [0.1, 0.15) is 11.6 Å². The van der Waals surface area contributed by atoms with Crippen LogP contribution in [0.3, 0.4) is 0 Å². The second-order valence-corrected chi connectivity index (χ2v) is 15.9. The summed E-state index contributed by atoms with van der Waals surface area (Å²) in [4.78, 5) is 2.92. The standard InChI is InChI=1S/C17H26FNSi.C8H6FN.C4H8O/c1-12(2)20(13(3)4,14(5)6)19-11-10-15-16(18)8-7-9-17(15)19;9-7-2-1-3-8-6(7)4-5-10-8;1-2-4-5-3-1/h7-14H,1-6H3;1-5,10H;1-4H2. The monoisotopic (exact) mass is 498 g/mol. The Labute approximate surface area is 209 Å². The van der Waals surface area contributed by atoms with Gasteiger partial charge in [-0.15, -0.1) is 0 Å². The van der Waals surface area contributed by atoms with Crippen LogP contribution in [0.4, 0.5) is 8.78 Å². The van der Waals surface area contributed by atoms with Crippen LogP contribution >= 0.6 is 0 Å². The van der Waals surface area contributed by atoms with Crippen LogP contribution in [0.1, 0.15) is 54.4 Å². The third-order valence-electron chi connectivity index (χ3n) is 7.24. The number of halogens is 2. The minimum atomic E-state index is -1.79. The SMILES string of the molecule is C1CCOC1.CC(C)[Si](C(C)C)(C(C)C)n1ccc2c(F)cccc21.Fc1cccc2[nH]ccc12. The summed E-state index contributed by atoms with van der Waals surface area (Å²) in [6, 6.07) is 14.1. The Morgan fingerprint density at radius 1 is 0.771 bits per heavy atom. The van der Waals surface area contributed by atoms with Crippen molar-refractivity contribution >= 4 is 30.0 Å². The Morgan fingerprint density at radius 3 is 1.86 bits per heavy atom. The molecule has 3 nitrogen and oxygen atoms in total. The Kier molecular flexibility index (Phi) is 9.31. The van der Waals surface area contributed by atoms with E-state index in [0.717, 1.165) is 29.6 Å². The van der Waals surface area contributed by atoms with Crippen molar-refractivity contribution in [3.05, 3.63) is 72.6 Å². The molecule has 1 N–H and O–H groups in total. The highest BCUT2D eigenvalue weighted by atomic mass is 28.3. The zero-order valence-electron chi connectivity index (χ0n) is 21.9. The third kappa shape index (κ3) is 5.70. The van der Waals surface area contributed by atoms with Crippen molar-refractivity contribution in [1.29, 1.82) is 0 Å². The summed E-state index contributed by atoms with van der Waals surface area (Å²) in [5, 5.41) is 1.41. The predicted octanol–water partition coefficient (Wildman–Crippen LogP) is 8.91. The first kappa shape index (κ1) is 27.1. The van der Waals surface area contributed by atoms with E-state index in [-0.39, 0.29) is 11.6 Å². The highest BCUT2D eigenvalue weighted by molar-refractivity contribution is 6.82. The molecule has 0 radical (unpaired) electrons. The maximum atomic E-state index is 14.0. The van der Waals surface area contributed by atoms with Crippen molar-refractivity contribution in [3.8, 4) is 0 Å². The number of benzene rings is 2. The van der Waals surface area contributed by atoms with Gasteiger partial charge in [-0.25, -0.2) is 8.78 Å². The lowest BCUT2D eigenvalue weighted by atomic mass is 10.2. The lowest BCUT2D eigenvalue weighted by Gasteiger charge is -2.44. The van der Waals surface area contributed by atoms with Crippen molar-refractivity contribution in [3.63, 3.8) is 0 Å². The Morgan fingerprint density at radius 2 is 1.34 bits per heavy atom. The maximum absolute atomic E-state index is 14.0. The van der Waals surface area contributed by atoms with Crippen molar-refractivity contribution < 1.29 is 13.5 Å². The van der Waals surface area contributed by atoms with Crippen molar-refractivity contribution in [2.24, 2.45) is 0 Å². The average Bonchev–Trinajstić information content (AvgIpc) is 3.58. The zero-order valence-corrected chi connectivity index (χ0v) is 22.9. The topological polar surface area (TPSA) is 29.9 Å². The molecular weight excluding hydrogens is 458 g/mol. The number of aromatic nitrogens is 2. The molecule has 1 saturated heterocycles. The molecule has 35 heavy (non-hydrogen) atoms. The van der Waals surface area contributed by atoms with Gasteiger partial charge in [0.15, 0.2) is 8.24 Å². The van der Waals surface area contributed by atoms with E-state index in [9.17, 15) is 8.78 Å². The van der Waals surface area contributed by atoms with Gasteiger partial charge in [-0.2, -0.15) is 0 Å². The highest BCUT2D eigenvalue weighted by Crippen LogP contribution is 2.44. The number of H-pyrrole nitrogens is 1. The van der Waals surface area contributed by atoms with Crippen molar-refractivity contribution in [2.45, 2.75) is 71.0 Å². The fourth-order valence-electron chi connectivity index (χ4n) is 5.86. The van der Waals surface area contributed by atoms with E-state index in [1.165, 1.54) is 18.9 Å². The van der Waals surface area contributed by atoms with Crippen LogP contribution in [-0.4, -0.2) is 30.7 Å². The molecule has 0 atom stereocenters. The average molecular weight is 499 g/mol. The molecule has 1 fully saturated rings. The summed E-state index contributed by atoms with van der Waals surface area (Å²) in [5.74, 6) is -0.279. The number of aromatic amines is 1. The number of nitrogens with zero attached hydrogens (tertiary/aromatic N) is 1. The van der Waals surface area contributed by atoms with Crippen LogP contribution in [0.25, 0.3) is 21.8 Å². The number of hydrogen-bond acceptors (Lipinski definition) is 1. The molecule has 0 bridgehead atoms. The summed E-state index contributed by atoms with van der Waals surface area (Å²) in [7, 11) is -1.79. The van der Waals surface area contributed by atoms with E-state index >= 15 is 0 Å². The third-order valence-corrected chi connectivity index (χ3v) is 14.0. The van der Waals surface area contributed by atoms with Gasteiger partial charge >= 0.3 is 0 Å². The quantitative estimate of drug-likeness (QED) is 0.280. The molecule has 1 aliphatic heterocycles. The molecule has 2 aromatic heterocycles. The fraction of sp³-hybridized carbons (Fsp3) is 0.448. The van der Waals surface area contributed by atoms with Gasteiger partial charge < -0.3 is 14.0 Å². The summed E-state index contributed by atoms with van der Waals surface area (Å²) in [5.41, 5.74) is 3.75. The fourth-order valence-corrected chi connectivity index (χ4v) is 12.5. The zero-order chi connectivity index (χ0) is 25.6. The van der Waals surface area contributed by atoms with E-state index < -0.39 is 8.24 Å². The van der Waals surface area contributed by atoms with Crippen LogP contribution in [-0.2, 0) is 4.74 Å². The van der Waals surface area contributed by atoms with E-state index in [4.69, 9.17) is 4.74 Å². The van der Waals surface area contributed by atoms with Crippen LogP contribution in [0.2, 0.25) is 16.6 Å². The van der Waals surface area contributed by atoms with Gasteiger partial charge in [-0.1, -0.05) is 53.7 Å². The van der Waals surface area contributed by atoms with Crippen molar-refractivity contribution in [2.75, 3.05) is 13.2 Å². The van der Waals surface area contributed by atoms with Crippen LogP contribution < -0.4 is 0 Å². The largest absolute Gasteiger partial charge is 0.381 e. The van der Waals surface area contributed by atoms with Crippen LogP contribution in [0.5, 0.6) is 0 Å². The van der Waals surface area contributed by atoms with Gasteiger partial charge in [0.2, 0.25) is 0 Å². The molecule has 2 aromatic carbocycles.